The smallest absolute Gasteiger partial charge is 0.225 e. The van der Waals surface area contributed by atoms with E-state index in [1.807, 2.05) is 6.20 Å². The maximum atomic E-state index is 12.8. The minimum absolute atomic E-state index is 0.0000149. The average Bonchev–Trinajstić information content (AvgIpc) is 2.84. The van der Waals surface area contributed by atoms with E-state index in [1.54, 1.807) is 0 Å². The third-order valence-electron chi connectivity index (χ3n) is 7.11. The second-order valence-corrected chi connectivity index (χ2v) is 9.31. The van der Waals surface area contributed by atoms with Gasteiger partial charge in [0.15, 0.2) is 0 Å². The maximum Gasteiger partial charge on any atom is 0.225 e. The van der Waals surface area contributed by atoms with E-state index in [9.17, 15) is 4.79 Å². The standard InChI is InChI=1S/C26H37N5O/c1-4-30(5-2)26-28-18-22-16-21(8-11-24(22)29-26)25(32)27-17-20-6-9-23(10-7-20)31-14-12-19(3)13-15-31/h6-7,9-10,18-19,21H,4-5,8,11-17H2,1-3H3,(H,27,32). The molecule has 1 atom stereocenters. The number of aryl methyl sites for hydroxylation is 1. The first-order chi connectivity index (χ1) is 15.6. The van der Waals surface area contributed by atoms with Crippen molar-refractivity contribution in [1.29, 1.82) is 0 Å². The Hall–Kier alpha value is -2.63. The molecule has 1 fully saturated rings. The molecule has 0 saturated carbocycles. The van der Waals surface area contributed by atoms with Crippen LogP contribution in [0.3, 0.4) is 0 Å². The SMILES string of the molecule is CCN(CC)c1ncc2c(n1)CCC(C(=O)NCc1ccc(N3CCC(C)CC3)cc1)C2. The highest BCUT2D eigenvalue weighted by molar-refractivity contribution is 5.79. The molecule has 1 aliphatic heterocycles. The molecule has 4 rings (SSSR count). The molecule has 1 aliphatic carbocycles. The van der Waals surface area contributed by atoms with E-state index < -0.39 is 0 Å². The molecule has 2 heterocycles. The van der Waals surface area contributed by atoms with Gasteiger partial charge in [0, 0.05) is 56.2 Å². The van der Waals surface area contributed by atoms with Crippen molar-refractivity contribution < 1.29 is 4.79 Å². The summed E-state index contributed by atoms with van der Waals surface area (Å²) >= 11 is 0. The van der Waals surface area contributed by atoms with Crippen LogP contribution in [0.5, 0.6) is 0 Å². The Balaban J connectivity index is 1.29. The fourth-order valence-corrected chi connectivity index (χ4v) is 4.80. The van der Waals surface area contributed by atoms with Crippen LogP contribution in [-0.4, -0.2) is 42.1 Å². The van der Waals surface area contributed by atoms with Crippen LogP contribution in [0.4, 0.5) is 11.6 Å². The summed E-state index contributed by atoms with van der Waals surface area (Å²) in [6, 6.07) is 8.68. The number of fused-ring (bicyclic) bond motifs is 1. The van der Waals surface area contributed by atoms with Crippen molar-refractivity contribution in [3.05, 3.63) is 47.3 Å². The number of aromatic nitrogens is 2. The van der Waals surface area contributed by atoms with Gasteiger partial charge in [-0.3, -0.25) is 4.79 Å². The van der Waals surface area contributed by atoms with Crippen LogP contribution < -0.4 is 15.1 Å². The number of piperidine rings is 1. The largest absolute Gasteiger partial charge is 0.372 e. The Kier molecular flexibility index (Phi) is 7.28. The number of carbonyl (C=O) groups is 1. The van der Waals surface area contributed by atoms with Crippen molar-refractivity contribution in [2.75, 3.05) is 36.0 Å². The Morgan fingerprint density at radius 2 is 1.84 bits per heavy atom. The highest BCUT2D eigenvalue weighted by atomic mass is 16.1. The molecule has 1 N–H and O–H groups in total. The molecule has 2 aliphatic rings. The Labute approximate surface area is 192 Å². The fourth-order valence-electron chi connectivity index (χ4n) is 4.80. The van der Waals surface area contributed by atoms with Crippen molar-refractivity contribution in [1.82, 2.24) is 15.3 Å². The first kappa shape index (κ1) is 22.6. The summed E-state index contributed by atoms with van der Waals surface area (Å²) in [5, 5.41) is 3.15. The van der Waals surface area contributed by atoms with E-state index in [0.717, 1.165) is 74.1 Å². The molecular weight excluding hydrogens is 398 g/mol. The van der Waals surface area contributed by atoms with Gasteiger partial charge in [-0.05, 0) is 75.1 Å². The van der Waals surface area contributed by atoms with E-state index in [0.29, 0.717) is 6.54 Å². The number of anilines is 2. The lowest BCUT2D eigenvalue weighted by molar-refractivity contribution is -0.125. The van der Waals surface area contributed by atoms with Crippen molar-refractivity contribution in [3.63, 3.8) is 0 Å². The molecule has 32 heavy (non-hydrogen) atoms. The normalized spacial score (nSPS) is 18.8. The number of nitrogens with zero attached hydrogens (tertiary/aromatic N) is 4. The molecule has 1 amide bonds. The summed E-state index contributed by atoms with van der Waals surface area (Å²) in [6.07, 6.45) is 6.88. The molecule has 0 radical (unpaired) electrons. The van der Waals surface area contributed by atoms with Gasteiger partial charge in [-0.2, -0.15) is 0 Å². The average molecular weight is 436 g/mol. The number of benzene rings is 1. The van der Waals surface area contributed by atoms with Crippen LogP contribution in [0.2, 0.25) is 0 Å². The zero-order valence-corrected chi connectivity index (χ0v) is 19.8. The number of amides is 1. The number of rotatable bonds is 7. The summed E-state index contributed by atoms with van der Waals surface area (Å²) < 4.78 is 0. The minimum atomic E-state index is 0.0000149. The topological polar surface area (TPSA) is 61.4 Å². The maximum absolute atomic E-state index is 12.8. The van der Waals surface area contributed by atoms with Crippen molar-refractivity contribution in [2.45, 2.75) is 59.4 Å². The first-order valence-corrected chi connectivity index (χ1v) is 12.3. The third-order valence-corrected chi connectivity index (χ3v) is 7.11. The Morgan fingerprint density at radius 3 is 2.53 bits per heavy atom. The molecule has 1 aromatic carbocycles. The molecule has 1 unspecified atom stereocenters. The van der Waals surface area contributed by atoms with Crippen LogP contribution in [-0.2, 0) is 24.2 Å². The van der Waals surface area contributed by atoms with Gasteiger partial charge in [0.2, 0.25) is 11.9 Å². The van der Waals surface area contributed by atoms with Gasteiger partial charge in [0.1, 0.15) is 0 Å². The molecule has 1 saturated heterocycles. The van der Waals surface area contributed by atoms with Crippen LogP contribution in [0.25, 0.3) is 0 Å². The summed E-state index contributed by atoms with van der Waals surface area (Å²) in [7, 11) is 0. The predicted octanol–water partition coefficient (Wildman–Crippen LogP) is 3.98. The quantitative estimate of drug-likeness (QED) is 0.713. The van der Waals surface area contributed by atoms with Gasteiger partial charge in [-0.15, -0.1) is 0 Å². The van der Waals surface area contributed by atoms with Gasteiger partial charge in [0.05, 0.1) is 0 Å². The number of hydrogen-bond donors (Lipinski definition) is 1. The number of nitrogens with one attached hydrogen (secondary N) is 1. The van der Waals surface area contributed by atoms with E-state index in [4.69, 9.17) is 4.98 Å². The molecular formula is C26H37N5O. The van der Waals surface area contributed by atoms with Gasteiger partial charge in [-0.25, -0.2) is 9.97 Å². The summed E-state index contributed by atoms with van der Waals surface area (Å²) in [4.78, 5) is 26.8. The van der Waals surface area contributed by atoms with Crippen molar-refractivity contribution in [3.8, 4) is 0 Å². The number of carbonyl (C=O) groups excluding carboxylic acids is 1. The lowest BCUT2D eigenvalue weighted by atomic mass is 9.86. The first-order valence-electron chi connectivity index (χ1n) is 12.3. The van der Waals surface area contributed by atoms with Gasteiger partial charge < -0.3 is 15.1 Å². The van der Waals surface area contributed by atoms with Gasteiger partial charge in [0.25, 0.3) is 0 Å². The van der Waals surface area contributed by atoms with E-state index >= 15 is 0 Å². The second-order valence-electron chi connectivity index (χ2n) is 9.31. The molecule has 172 valence electrons. The highest BCUT2D eigenvalue weighted by Gasteiger charge is 2.26. The van der Waals surface area contributed by atoms with Crippen LogP contribution in [0, 0.1) is 11.8 Å². The molecule has 6 nitrogen and oxygen atoms in total. The lowest BCUT2D eigenvalue weighted by Crippen LogP contribution is -2.34. The van der Waals surface area contributed by atoms with Crippen LogP contribution in [0.1, 0.15) is 56.9 Å². The molecule has 0 spiro atoms. The van der Waals surface area contributed by atoms with Gasteiger partial charge in [-0.1, -0.05) is 19.1 Å². The summed E-state index contributed by atoms with van der Waals surface area (Å²) in [5.41, 5.74) is 4.66. The van der Waals surface area contributed by atoms with Crippen molar-refractivity contribution in [2.24, 2.45) is 11.8 Å². The third kappa shape index (κ3) is 5.22. The fraction of sp³-hybridized carbons (Fsp3) is 0.577. The lowest BCUT2D eigenvalue weighted by Gasteiger charge is -2.32. The Morgan fingerprint density at radius 1 is 1.12 bits per heavy atom. The predicted molar refractivity (Wildman–Crippen MR) is 130 cm³/mol. The molecule has 2 aromatic rings. The second kappa shape index (κ2) is 10.3. The zero-order valence-electron chi connectivity index (χ0n) is 19.8. The van der Waals surface area contributed by atoms with Gasteiger partial charge >= 0.3 is 0 Å². The molecule has 6 heteroatoms. The summed E-state index contributed by atoms with van der Waals surface area (Å²) in [6.45, 7) is 11.2. The van der Waals surface area contributed by atoms with Crippen LogP contribution in [0.15, 0.2) is 30.5 Å². The van der Waals surface area contributed by atoms with E-state index in [2.05, 4.69) is 65.1 Å². The highest BCUT2D eigenvalue weighted by Crippen LogP contribution is 2.26. The van der Waals surface area contributed by atoms with E-state index in [-0.39, 0.29) is 11.8 Å². The molecule has 0 bridgehead atoms. The van der Waals surface area contributed by atoms with Crippen LogP contribution >= 0.6 is 0 Å². The Bertz CT molecular complexity index is 901. The number of hydrogen-bond acceptors (Lipinski definition) is 5. The van der Waals surface area contributed by atoms with Crippen molar-refractivity contribution >= 4 is 17.5 Å². The summed E-state index contributed by atoms with van der Waals surface area (Å²) in [5.74, 6) is 1.78. The minimum Gasteiger partial charge on any atom is -0.372 e. The van der Waals surface area contributed by atoms with E-state index in [1.165, 1.54) is 18.5 Å². The molecule has 1 aromatic heterocycles. The zero-order chi connectivity index (χ0) is 22.5. The monoisotopic (exact) mass is 435 g/mol.